The Balaban J connectivity index is 2.15. The monoisotopic (exact) mass is 239 g/mol. The van der Waals surface area contributed by atoms with Gasteiger partial charge in [-0.15, -0.1) is 11.8 Å². The Kier molecular flexibility index (Phi) is 2.73. The third-order valence-corrected chi connectivity index (χ3v) is 3.98. The molecule has 3 rings (SSSR count). The van der Waals surface area contributed by atoms with Gasteiger partial charge in [-0.25, -0.2) is 0 Å². The maximum Gasteiger partial charge on any atom is 0.121 e. The molecule has 1 nitrogen and oxygen atoms in total. The second-order valence-corrected chi connectivity index (χ2v) is 4.97. The fraction of sp³-hybridized carbons (Fsp3) is 0.133. The van der Waals surface area contributed by atoms with E-state index in [1.54, 1.807) is 11.8 Å². The van der Waals surface area contributed by atoms with Gasteiger partial charge in [-0.1, -0.05) is 60.7 Å². The van der Waals surface area contributed by atoms with E-state index in [4.69, 9.17) is 4.99 Å². The van der Waals surface area contributed by atoms with Gasteiger partial charge in [-0.05, 0) is 11.1 Å². The van der Waals surface area contributed by atoms with Crippen LogP contribution in [0.5, 0.6) is 0 Å². The molecule has 2 aromatic carbocycles. The second-order valence-electron chi connectivity index (χ2n) is 4.14. The van der Waals surface area contributed by atoms with Crippen molar-refractivity contribution >= 4 is 17.3 Å². The van der Waals surface area contributed by atoms with E-state index in [2.05, 4.69) is 48.5 Å². The zero-order chi connectivity index (χ0) is 11.6. The summed E-state index contributed by atoms with van der Waals surface area (Å²) in [5, 5.41) is 0. The molecule has 0 spiro atoms. The van der Waals surface area contributed by atoms with Crippen LogP contribution in [0.25, 0.3) is 0 Å². The van der Waals surface area contributed by atoms with Gasteiger partial charge < -0.3 is 0 Å². The van der Waals surface area contributed by atoms with Crippen LogP contribution >= 0.6 is 11.8 Å². The molecule has 1 aliphatic rings. The summed E-state index contributed by atoms with van der Waals surface area (Å²) in [5.41, 5.74) is 4.33. The summed E-state index contributed by atoms with van der Waals surface area (Å²) in [6.07, 6.45) is 0. The lowest BCUT2D eigenvalue weighted by Crippen LogP contribution is -2.25. The molecule has 0 fully saturated rings. The fourth-order valence-corrected chi connectivity index (χ4v) is 3.21. The average Bonchev–Trinajstić information content (AvgIpc) is 2.91. The van der Waals surface area contributed by atoms with E-state index in [1.807, 2.05) is 17.7 Å². The van der Waals surface area contributed by atoms with Gasteiger partial charge in [0.25, 0.3) is 0 Å². The quantitative estimate of drug-likeness (QED) is 0.778. The van der Waals surface area contributed by atoms with E-state index in [0.717, 1.165) is 5.75 Å². The first-order valence-electron chi connectivity index (χ1n) is 5.68. The molecule has 2 heteroatoms. The molecule has 0 unspecified atom stereocenters. The van der Waals surface area contributed by atoms with Crippen LogP contribution < -0.4 is 0 Å². The molecule has 84 valence electrons. The highest BCUT2D eigenvalue weighted by atomic mass is 32.2. The number of benzene rings is 2. The van der Waals surface area contributed by atoms with Gasteiger partial charge in [0.15, 0.2) is 0 Å². The third-order valence-electron chi connectivity index (χ3n) is 3.14. The number of hydrogen-bond acceptors (Lipinski definition) is 2. The molecule has 0 aromatic heterocycles. The Morgan fingerprint density at radius 3 is 1.76 bits per heavy atom. The zero-order valence-corrected chi connectivity index (χ0v) is 10.2. The van der Waals surface area contributed by atoms with Crippen LogP contribution in [0.3, 0.4) is 0 Å². The maximum atomic E-state index is 4.75. The Bertz CT molecular complexity index is 480. The van der Waals surface area contributed by atoms with E-state index in [1.165, 1.54) is 11.1 Å². The molecular weight excluding hydrogens is 226 g/mol. The maximum absolute atomic E-state index is 4.75. The average molecular weight is 239 g/mol. The van der Waals surface area contributed by atoms with Crippen molar-refractivity contribution in [3.63, 3.8) is 0 Å². The summed E-state index contributed by atoms with van der Waals surface area (Å²) in [6, 6.07) is 21.1. The minimum Gasteiger partial charge on any atom is -0.269 e. The van der Waals surface area contributed by atoms with E-state index in [-0.39, 0.29) is 5.54 Å². The van der Waals surface area contributed by atoms with Crippen molar-refractivity contribution in [2.75, 3.05) is 5.75 Å². The van der Waals surface area contributed by atoms with Crippen molar-refractivity contribution < 1.29 is 0 Å². The lowest BCUT2D eigenvalue weighted by molar-refractivity contribution is 0.631. The molecule has 17 heavy (non-hydrogen) atoms. The van der Waals surface area contributed by atoms with Crippen LogP contribution in [0.2, 0.25) is 0 Å². The van der Waals surface area contributed by atoms with Crippen molar-refractivity contribution in [3.8, 4) is 0 Å². The van der Waals surface area contributed by atoms with Crippen LogP contribution in [0.15, 0.2) is 65.7 Å². The number of thioether (sulfide) groups is 1. The summed E-state index contributed by atoms with van der Waals surface area (Å²) >= 11 is 1.78. The SMILES string of the molecule is C1=NC(c2ccccc2)(c2ccccc2)CS1. The Hall–Kier alpha value is -1.54. The van der Waals surface area contributed by atoms with Gasteiger partial charge in [0.05, 0.1) is 5.55 Å². The van der Waals surface area contributed by atoms with Crippen LogP contribution in [-0.4, -0.2) is 11.3 Å². The molecule has 1 aliphatic heterocycles. The van der Waals surface area contributed by atoms with Crippen molar-refractivity contribution in [3.05, 3.63) is 71.8 Å². The molecule has 0 radical (unpaired) electrons. The van der Waals surface area contributed by atoms with E-state index < -0.39 is 0 Å². The molecule has 0 saturated heterocycles. The van der Waals surface area contributed by atoms with E-state index in [9.17, 15) is 0 Å². The molecule has 0 aliphatic carbocycles. The van der Waals surface area contributed by atoms with Gasteiger partial charge >= 0.3 is 0 Å². The van der Waals surface area contributed by atoms with Crippen LogP contribution in [0.4, 0.5) is 0 Å². The standard InChI is InChI=1S/C15H13NS/c1-3-7-13(8-4-1)15(11-17-12-16-15)14-9-5-2-6-10-14/h1-10,12H,11H2. The Morgan fingerprint density at radius 1 is 0.824 bits per heavy atom. The lowest BCUT2D eigenvalue weighted by atomic mass is 9.85. The van der Waals surface area contributed by atoms with Crippen molar-refractivity contribution in [2.45, 2.75) is 5.54 Å². The highest BCUT2D eigenvalue weighted by Crippen LogP contribution is 2.40. The zero-order valence-electron chi connectivity index (χ0n) is 9.41. The second kappa shape index (κ2) is 4.38. The van der Waals surface area contributed by atoms with Crippen molar-refractivity contribution in [2.24, 2.45) is 4.99 Å². The fourth-order valence-electron chi connectivity index (χ4n) is 2.23. The molecule has 0 amide bonds. The smallest absolute Gasteiger partial charge is 0.121 e. The van der Waals surface area contributed by atoms with Gasteiger partial charge in [0.1, 0.15) is 5.54 Å². The molecule has 0 N–H and O–H groups in total. The summed E-state index contributed by atoms with van der Waals surface area (Å²) in [7, 11) is 0. The lowest BCUT2D eigenvalue weighted by Gasteiger charge is -2.26. The Labute approximate surface area is 106 Å². The van der Waals surface area contributed by atoms with E-state index >= 15 is 0 Å². The largest absolute Gasteiger partial charge is 0.269 e. The first-order valence-corrected chi connectivity index (χ1v) is 6.73. The van der Waals surface area contributed by atoms with Gasteiger partial charge in [0.2, 0.25) is 0 Å². The van der Waals surface area contributed by atoms with E-state index in [0.29, 0.717) is 0 Å². The summed E-state index contributed by atoms with van der Waals surface area (Å²) in [4.78, 5) is 4.75. The Morgan fingerprint density at radius 2 is 1.35 bits per heavy atom. The highest BCUT2D eigenvalue weighted by molar-refractivity contribution is 8.12. The first-order chi connectivity index (χ1) is 8.42. The number of rotatable bonds is 2. The minimum atomic E-state index is -0.187. The molecular formula is C15H13NS. The van der Waals surface area contributed by atoms with Crippen LogP contribution in [0, 0.1) is 0 Å². The summed E-state index contributed by atoms with van der Waals surface area (Å²) < 4.78 is 0. The number of nitrogens with zero attached hydrogens (tertiary/aromatic N) is 1. The predicted molar refractivity (Wildman–Crippen MR) is 74.6 cm³/mol. The topological polar surface area (TPSA) is 12.4 Å². The number of aliphatic imine (C=N–C) groups is 1. The molecule has 0 saturated carbocycles. The molecule has 1 heterocycles. The van der Waals surface area contributed by atoms with Crippen LogP contribution in [0.1, 0.15) is 11.1 Å². The molecule has 2 aromatic rings. The van der Waals surface area contributed by atoms with Gasteiger partial charge in [-0.2, -0.15) is 0 Å². The minimum absolute atomic E-state index is 0.187. The predicted octanol–water partition coefficient (Wildman–Crippen LogP) is 3.71. The first kappa shape index (κ1) is 10.6. The third kappa shape index (κ3) is 1.79. The summed E-state index contributed by atoms with van der Waals surface area (Å²) in [6.45, 7) is 0. The number of hydrogen-bond donors (Lipinski definition) is 0. The van der Waals surface area contributed by atoms with Crippen LogP contribution in [-0.2, 0) is 5.54 Å². The molecule has 0 bridgehead atoms. The van der Waals surface area contributed by atoms with Crippen molar-refractivity contribution in [1.29, 1.82) is 0 Å². The van der Waals surface area contributed by atoms with Gasteiger partial charge in [-0.3, -0.25) is 4.99 Å². The van der Waals surface area contributed by atoms with Crippen molar-refractivity contribution in [1.82, 2.24) is 0 Å². The van der Waals surface area contributed by atoms with Gasteiger partial charge in [0, 0.05) is 5.75 Å². The molecule has 0 atom stereocenters. The summed E-state index contributed by atoms with van der Waals surface area (Å²) in [5.74, 6) is 0.987. The normalized spacial score (nSPS) is 17.2. The highest BCUT2D eigenvalue weighted by Gasteiger charge is 2.35.